The van der Waals surface area contributed by atoms with E-state index in [-0.39, 0.29) is 17.6 Å². The summed E-state index contributed by atoms with van der Waals surface area (Å²) in [5, 5.41) is 9.68. The van der Waals surface area contributed by atoms with E-state index < -0.39 is 0 Å². The number of aromatic nitrogens is 3. The zero-order valence-corrected chi connectivity index (χ0v) is 12.7. The molecule has 1 unspecified atom stereocenters. The average Bonchev–Trinajstić information content (AvgIpc) is 2.89. The molecule has 1 aliphatic rings. The maximum Gasteiger partial charge on any atom is 0.291 e. The summed E-state index contributed by atoms with van der Waals surface area (Å²) < 4.78 is 0. The van der Waals surface area contributed by atoms with E-state index in [1.54, 1.807) is 0 Å². The fraction of sp³-hybridized carbons (Fsp3) is 0.769. The van der Waals surface area contributed by atoms with Crippen LogP contribution in [-0.2, 0) is 0 Å². The van der Waals surface area contributed by atoms with Crippen LogP contribution in [0.4, 0.5) is 0 Å². The molecule has 0 bridgehead atoms. The zero-order chi connectivity index (χ0) is 14.7. The summed E-state index contributed by atoms with van der Waals surface area (Å²) >= 11 is 0. The minimum absolute atomic E-state index is 0.213. The van der Waals surface area contributed by atoms with Crippen molar-refractivity contribution in [2.75, 3.05) is 40.3 Å². The van der Waals surface area contributed by atoms with Crippen molar-refractivity contribution in [2.24, 2.45) is 0 Å². The second-order valence-electron chi connectivity index (χ2n) is 5.81. The van der Waals surface area contributed by atoms with Crippen molar-refractivity contribution in [1.82, 2.24) is 30.3 Å². The molecule has 2 rings (SSSR count). The van der Waals surface area contributed by atoms with Crippen LogP contribution in [-0.4, -0.2) is 77.2 Å². The van der Waals surface area contributed by atoms with Crippen molar-refractivity contribution < 1.29 is 4.79 Å². The molecule has 2 heterocycles. The number of nitrogens with one attached hydrogen (secondary N) is 2. The van der Waals surface area contributed by atoms with Crippen molar-refractivity contribution in [1.29, 1.82) is 0 Å². The van der Waals surface area contributed by atoms with Crippen molar-refractivity contribution in [3.8, 4) is 0 Å². The maximum atomic E-state index is 12.0. The molecule has 0 aliphatic carbocycles. The standard InChI is InChI=1S/C13H24N6O/c1-9(2)11-15-12(17-16-11)13(20)14-7-10-8-18(3)5-6-19(10)4/h9-10H,5-8H2,1-4H3,(H,14,20)(H,15,16,17). The lowest BCUT2D eigenvalue weighted by Gasteiger charge is -2.37. The summed E-state index contributed by atoms with van der Waals surface area (Å²) in [7, 11) is 4.19. The molecule has 1 atom stereocenters. The Labute approximate surface area is 119 Å². The Hall–Kier alpha value is -1.47. The molecule has 7 heteroatoms. The van der Waals surface area contributed by atoms with E-state index in [1.807, 2.05) is 13.8 Å². The summed E-state index contributed by atoms with van der Waals surface area (Å²) in [4.78, 5) is 20.8. The van der Waals surface area contributed by atoms with Gasteiger partial charge in [-0.15, -0.1) is 5.10 Å². The molecule has 20 heavy (non-hydrogen) atoms. The van der Waals surface area contributed by atoms with E-state index >= 15 is 0 Å². The molecule has 1 fully saturated rings. The van der Waals surface area contributed by atoms with Gasteiger partial charge >= 0.3 is 0 Å². The lowest BCUT2D eigenvalue weighted by atomic mass is 10.2. The first-order valence-corrected chi connectivity index (χ1v) is 7.06. The fourth-order valence-electron chi connectivity index (χ4n) is 2.25. The summed E-state index contributed by atoms with van der Waals surface area (Å²) in [6.07, 6.45) is 0. The first-order valence-electron chi connectivity index (χ1n) is 7.06. The topological polar surface area (TPSA) is 77.2 Å². The van der Waals surface area contributed by atoms with Crippen LogP contribution < -0.4 is 5.32 Å². The summed E-state index contributed by atoms with van der Waals surface area (Å²) in [6, 6.07) is 0.334. The average molecular weight is 280 g/mol. The van der Waals surface area contributed by atoms with Gasteiger partial charge in [-0.1, -0.05) is 13.8 Å². The molecule has 0 aromatic carbocycles. The second kappa shape index (κ2) is 6.32. The quantitative estimate of drug-likeness (QED) is 0.805. The number of hydrogen-bond acceptors (Lipinski definition) is 5. The Balaban J connectivity index is 1.87. The molecular weight excluding hydrogens is 256 g/mol. The summed E-state index contributed by atoms with van der Waals surface area (Å²) in [5.74, 6) is 0.988. The molecular formula is C13H24N6O. The maximum absolute atomic E-state index is 12.0. The van der Waals surface area contributed by atoms with Crippen LogP contribution in [0.5, 0.6) is 0 Å². The molecule has 0 spiro atoms. The number of likely N-dealkylation sites (N-methyl/N-ethyl adjacent to an activating group) is 2. The van der Waals surface area contributed by atoms with Crippen LogP contribution in [0.25, 0.3) is 0 Å². The molecule has 1 aromatic rings. The fourth-order valence-corrected chi connectivity index (χ4v) is 2.25. The minimum Gasteiger partial charge on any atom is -0.348 e. The molecule has 0 saturated carbocycles. The van der Waals surface area contributed by atoms with Gasteiger partial charge in [0.2, 0.25) is 5.82 Å². The molecule has 1 aliphatic heterocycles. The van der Waals surface area contributed by atoms with Gasteiger partial charge < -0.3 is 10.2 Å². The Morgan fingerprint density at radius 1 is 1.45 bits per heavy atom. The van der Waals surface area contributed by atoms with Crippen molar-refractivity contribution in [3.63, 3.8) is 0 Å². The summed E-state index contributed by atoms with van der Waals surface area (Å²) in [5.41, 5.74) is 0. The van der Waals surface area contributed by atoms with E-state index in [0.29, 0.717) is 12.6 Å². The van der Waals surface area contributed by atoms with Crippen LogP contribution in [0.15, 0.2) is 0 Å². The highest BCUT2D eigenvalue weighted by molar-refractivity contribution is 5.90. The number of nitrogens with zero attached hydrogens (tertiary/aromatic N) is 4. The van der Waals surface area contributed by atoms with Gasteiger partial charge in [0.15, 0.2) is 0 Å². The van der Waals surface area contributed by atoms with Gasteiger partial charge in [-0.3, -0.25) is 14.8 Å². The molecule has 7 nitrogen and oxygen atoms in total. The Bertz CT molecular complexity index is 457. The SMILES string of the molecule is CC(C)c1nc(C(=O)NCC2CN(C)CCN2C)n[nH]1. The van der Waals surface area contributed by atoms with Gasteiger partial charge in [0.25, 0.3) is 5.91 Å². The van der Waals surface area contributed by atoms with E-state index in [0.717, 1.165) is 25.5 Å². The van der Waals surface area contributed by atoms with Crippen molar-refractivity contribution >= 4 is 5.91 Å². The van der Waals surface area contributed by atoms with E-state index in [9.17, 15) is 4.79 Å². The highest BCUT2D eigenvalue weighted by Crippen LogP contribution is 2.08. The normalized spacial score (nSPS) is 21.4. The predicted octanol–water partition coefficient (Wildman–Crippen LogP) is -0.0963. The Kier molecular flexibility index (Phi) is 4.72. The van der Waals surface area contributed by atoms with Crippen LogP contribution in [0, 0.1) is 0 Å². The molecule has 1 saturated heterocycles. The van der Waals surface area contributed by atoms with Crippen molar-refractivity contribution in [3.05, 3.63) is 11.6 Å². The molecule has 112 valence electrons. The van der Waals surface area contributed by atoms with Gasteiger partial charge in [0.05, 0.1) is 0 Å². The third-order valence-electron chi connectivity index (χ3n) is 3.73. The molecule has 2 N–H and O–H groups in total. The Morgan fingerprint density at radius 3 is 2.85 bits per heavy atom. The van der Waals surface area contributed by atoms with Crippen LogP contribution >= 0.6 is 0 Å². The van der Waals surface area contributed by atoms with E-state index in [1.165, 1.54) is 0 Å². The zero-order valence-electron chi connectivity index (χ0n) is 12.7. The first kappa shape index (κ1) is 14.9. The van der Waals surface area contributed by atoms with Gasteiger partial charge in [-0.05, 0) is 14.1 Å². The molecule has 0 radical (unpaired) electrons. The number of aromatic amines is 1. The largest absolute Gasteiger partial charge is 0.348 e. The minimum atomic E-state index is -0.213. The van der Waals surface area contributed by atoms with Crippen LogP contribution in [0.3, 0.4) is 0 Å². The molecule has 1 aromatic heterocycles. The van der Waals surface area contributed by atoms with Gasteiger partial charge in [0, 0.05) is 38.1 Å². The third kappa shape index (κ3) is 3.55. The number of carbonyl (C=O) groups excluding carboxylic acids is 1. The predicted molar refractivity (Wildman–Crippen MR) is 76.7 cm³/mol. The van der Waals surface area contributed by atoms with Crippen LogP contribution in [0.2, 0.25) is 0 Å². The highest BCUT2D eigenvalue weighted by atomic mass is 16.2. The molecule has 1 amide bonds. The monoisotopic (exact) mass is 280 g/mol. The number of hydrogen-bond donors (Lipinski definition) is 2. The summed E-state index contributed by atoms with van der Waals surface area (Å²) in [6.45, 7) is 7.69. The van der Waals surface area contributed by atoms with Gasteiger partial charge in [-0.2, -0.15) is 0 Å². The van der Waals surface area contributed by atoms with E-state index in [4.69, 9.17) is 0 Å². The number of rotatable bonds is 4. The third-order valence-corrected chi connectivity index (χ3v) is 3.73. The lowest BCUT2D eigenvalue weighted by molar-refractivity contribution is 0.0872. The van der Waals surface area contributed by atoms with Crippen LogP contribution in [0.1, 0.15) is 36.2 Å². The second-order valence-corrected chi connectivity index (χ2v) is 5.81. The smallest absolute Gasteiger partial charge is 0.291 e. The number of piperazine rings is 1. The number of carbonyl (C=O) groups is 1. The lowest BCUT2D eigenvalue weighted by Crippen LogP contribution is -2.54. The highest BCUT2D eigenvalue weighted by Gasteiger charge is 2.23. The van der Waals surface area contributed by atoms with E-state index in [2.05, 4.69) is 44.4 Å². The first-order chi connectivity index (χ1) is 9.47. The Morgan fingerprint density at radius 2 is 2.20 bits per heavy atom. The van der Waals surface area contributed by atoms with Crippen molar-refractivity contribution in [2.45, 2.75) is 25.8 Å². The van der Waals surface area contributed by atoms with Gasteiger partial charge in [0.1, 0.15) is 5.82 Å². The number of amides is 1. The van der Waals surface area contributed by atoms with Gasteiger partial charge in [-0.25, -0.2) is 4.98 Å². The number of H-pyrrole nitrogens is 1.